The lowest BCUT2D eigenvalue weighted by molar-refractivity contribution is -0.125. The van der Waals surface area contributed by atoms with Crippen LogP contribution in [0.4, 0.5) is 17.1 Å². The zero-order valence-electron chi connectivity index (χ0n) is 15.8. The number of benzene rings is 2. The Bertz CT molecular complexity index is 972. The van der Waals surface area contributed by atoms with Crippen LogP contribution in [0.2, 0.25) is 0 Å². The molecule has 2 aromatic rings. The van der Waals surface area contributed by atoms with Crippen molar-refractivity contribution in [1.82, 2.24) is 0 Å². The lowest BCUT2D eigenvalue weighted by atomic mass is 10.1. The van der Waals surface area contributed by atoms with Crippen LogP contribution in [0.25, 0.3) is 0 Å². The number of rotatable bonds is 3. The zero-order valence-corrected chi connectivity index (χ0v) is 15.8. The number of aryl methyl sites for hydroxylation is 1. The Kier molecular flexibility index (Phi) is 4.50. The van der Waals surface area contributed by atoms with Gasteiger partial charge >= 0.3 is 0 Å². The average molecular weight is 379 g/mol. The van der Waals surface area contributed by atoms with Crippen LogP contribution in [0, 0.1) is 12.8 Å². The highest BCUT2D eigenvalue weighted by Crippen LogP contribution is 2.36. The molecule has 0 bridgehead atoms. The van der Waals surface area contributed by atoms with Crippen LogP contribution in [0.1, 0.15) is 12.0 Å². The second kappa shape index (κ2) is 6.99. The van der Waals surface area contributed by atoms with Crippen molar-refractivity contribution in [3.05, 3.63) is 48.0 Å². The maximum atomic E-state index is 13.2. The Labute approximate surface area is 162 Å². The van der Waals surface area contributed by atoms with E-state index in [1.807, 2.05) is 31.2 Å². The van der Waals surface area contributed by atoms with Crippen molar-refractivity contribution < 1.29 is 19.1 Å². The number of amides is 3. The first kappa shape index (κ1) is 18.0. The van der Waals surface area contributed by atoms with Gasteiger partial charge < -0.3 is 19.9 Å². The number of anilines is 3. The van der Waals surface area contributed by atoms with Crippen LogP contribution < -0.4 is 19.9 Å². The monoisotopic (exact) mass is 379 g/mol. The van der Waals surface area contributed by atoms with Crippen molar-refractivity contribution in [2.75, 3.05) is 35.3 Å². The molecule has 7 heteroatoms. The summed E-state index contributed by atoms with van der Waals surface area (Å²) >= 11 is 0. The van der Waals surface area contributed by atoms with E-state index in [1.54, 1.807) is 30.2 Å². The first-order chi connectivity index (χ1) is 13.5. The number of carbonyl (C=O) groups excluding carboxylic acids is 3. The number of fused-ring (bicyclic) bond motifs is 1. The van der Waals surface area contributed by atoms with Gasteiger partial charge in [-0.3, -0.25) is 14.4 Å². The van der Waals surface area contributed by atoms with E-state index in [4.69, 9.17) is 4.74 Å². The number of nitrogens with zero attached hydrogens (tertiary/aromatic N) is 2. The molecule has 1 atom stereocenters. The summed E-state index contributed by atoms with van der Waals surface area (Å²) in [5, 5.41) is 2.77. The number of para-hydroxylation sites is 2. The molecular weight excluding hydrogens is 358 g/mol. The fourth-order valence-corrected chi connectivity index (χ4v) is 3.77. The summed E-state index contributed by atoms with van der Waals surface area (Å²) in [5.74, 6) is -0.512. The smallest absolute Gasteiger partial charge is 0.244 e. The van der Waals surface area contributed by atoms with E-state index >= 15 is 0 Å². The van der Waals surface area contributed by atoms with Gasteiger partial charge in [-0.05, 0) is 36.8 Å². The van der Waals surface area contributed by atoms with Crippen LogP contribution in [0.3, 0.4) is 0 Å². The van der Waals surface area contributed by atoms with Gasteiger partial charge in [0.05, 0.1) is 30.1 Å². The second-order valence-corrected chi connectivity index (χ2v) is 7.07. The van der Waals surface area contributed by atoms with Crippen molar-refractivity contribution >= 4 is 34.8 Å². The summed E-state index contributed by atoms with van der Waals surface area (Å²) in [6.45, 7) is 2.15. The highest BCUT2D eigenvalue weighted by atomic mass is 16.5. The lowest BCUT2D eigenvalue weighted by Gasteiger charge is -2.31. The molecule has 28 heavy (non-hydrogen) atoms. The van der Waals surface area contributed by atoms with Crippen LogP contribution in [0.15, 0.2) is 42.5 Å². The maximum Gasteiger partial charge on any atom is 0.244 e. The van der Waals surface area contributed by atoms with E-state index < -0.39 is 5.92 Å². The molecule has 0 saturated carbocycles. The van der Waals surface area contributed by atoms with Gasteiger partial charge in [0.25, 0.3) is 0 Å². The molecule has 0 aromatic heterocycles. The Morgan fingerprint density at radius 1 is 1.14 bits per heavy atom. The molecular formula is C21H21N3O4. The maximum absolute atomic E-state index is 13.2. The average Bonchev–Trinajstić information content (AvgIpc) is 3.08. The van der Waals surface area contributed by atoms with E-state index in [1.165, 1.54) is 4.90 Å². The summed E-state index contributed by atoms with van der Waals surface area (Å²) in [7, 11) is 1.56. The molecule has 0 aliphatic carbocycles. The zero-order chi connectivity index (χ0) is 19.8. The summed E-state index contributed by atoms with van der Waals surface area (Å²) in [4.78, 5) is 41.0. The molecule has 7 nitrogen and oxygen atoms in total. The molecule has 2 aliphatic heterocycles. The summed E-state index contributed by atoms with van der Waals surface area (Å²) in [6, 6.07) is 12.8. The van der Waals surface area contributed by atoms with Crippen LogP contribution in [-0.4, -0.2) is 37.9 Å². The largest absolute Gasteiger partial charge is 0.495 e. The molecule has 4 rings (SSSR count). The van der Waals surface area contributed by atoms with Gasteiger partial charge in [0.1, 0.15) is 12.3 Å². The van der Waals surface area contributed by atoms with Crippen molar-refractivity contribution in [3.63, 3.8) is 0 Å². The topological polar surface area (TPSA) is 79.0 Å². The molecule has 144 valence electrons. The van der Waals surface area contributed by atoms with Gasteiger partial charge in [-0.2, -0.15) is 0 Å². The molecule has 1 fully saturated rings. The number of carbonyl (C=O) groups is 3. The first-order valence-corrected chi connectivity index (χ1v) is 9.13. The third-order valence-electron chi connectivity index (χ3n) is 5.14. The number of nitrogens with one attached hydrogen (secondary N) is 1. The summed E-state index contributed by atoms with van der Waals surface area (Å²) in [6.07, 6.45) is 0.107. The Hall–Kier alpha value is -3.35. The van der Waals surface area contributed by atoms with Gasteiger partial charge in [0.15, 0.2) is 0 Å². The molecule has 1 N–H and O–H groups in total. The standard InChI is InChI=1S/C21H21N3O4/c1-13-7-8-18(28-2)17(9-13)23-11-14(10-20(23)26)21(27)24-12-19(25)22-15-5-3-4-6-16(15)24/h3-9,14H,10-12H2,1-2H3,(H,22,25). The number of hydrogen-bond acceptors (Lipinski definition) is 4. The van der Waals surface area contributed by atoms with Gasteiger partial charge in [0.2, 0.25) is 17.7 Å². The normalized spacial score (nSPS) is 18.7. The van der Waals surface area contributed by atoms with E-state index in [0.717, 1.165) is 5.56 Å². The van der Waals surface area contributed by atoms with Crippen molar-refractivity contribution in [1.29, 1.82) is 0 Å². The SMILES string of the molecule is COc1ccc(C)cc1N1CC(C(=O)N2CC(=O)Nc3ccccc32)CC1=O. The Balaban J connectivity index is 1.61. The molecule has 2 heterocycles. The summed E-state index contributed by atoms with van der Waals surface area (Å²) in [5.41, 5.74) is 2.93. The molecule has 1 saturated heterocycles. The van der Waals surface area contributed by atoms with Gasteiger partial charge in [-0.25, -0.2) is 0 Å². The van der Waals surface area contributed by atoms with E-state index in [2.05, 4.69) is 5.32 Å². The fourth-order valence-electron chi connectivity index (χ4n) is 3.77. The number of methoxy groups -OCH3 is 1. The van der Waals surface area contributed by atoms with E-state index in [-0.39, 0.29) is 37.2 Å². The highest BCUT2D eigenvalue weighted by Gasteiger charge is 2.40. The van der Waals surface area contributed by atoms with Gasteiger partial charge in [-0.1, -0.05) is 18.2 Å². The molecule has 0 spiro atoms. The molecule has 3 amide bonds. The Morgan fingerprint density at radius 2 is 1.93 bits per heavy atom. The minimum absolute atomic E-state index is 0.0473. The van der Waals surface area contributed by atoms with Crippen LogP contribution >= 0.6 is 0 Å². The predicted octanol–water partition coefficient (Wildman–Crippen LogP) is 2.34. The molecule has 2 aromatic carbocycles. The molecule has 0 radical (unpaired) electrons. The fraction of sp³-hybridized carbons (Fsp3) is 0.286. The Morgan fingerprint density at radius 3 is 2.71 bits per heavy atom. The minimum Gasteiger partial charge on any atom is -0.495 e. The van der Waals surface area contributed by atoms with Crippen molar-refractivity contribution in [2.45, 2.75) is 13.3 Å². The highest BCUT2D eigenvalue weighted by molar-refractivity contribution is 6.12. The summed E-state index contributed by atoms with van der Waals surface area (Å²) < 4.78 is 5.39. The molecule has 1 unspecified atom stereocenters. The van der Waals surface area contributed by atoms with Crippen LogP contribution in [-0.2, 0) is 14.4 Å². The van der Waals surface area contributed by atoms with E-state index in [0.29, 0.717) is 22.8 Å². The predicted molar refractivity (Wildman–Crippen MR) is 106 cm³/mol. The minimum atomic E-state index is -0.517. The van der Waals surface area contributed by atoms with E-state index in [9.17, 15) is 14.4 Å². The van der Waals surface area contributed by atoms with Crippen molar-refractivity contribution in [3.8, 4) is 5.75 Å². The molecule has 2 aliphatic rings. The number of hydrogen-bond donors (Lipinski definition) is 1. The van der Waals surface area contributed by atoms with Crippen LogP contribution in [0.5, 0.6) is 5.75 Å². The van der Waals surface area contributed by atoms with Gasteiger partial charge in [-0.15, -0.1) is 0 Å². The third-order valence-corrected chi connectivity index (χ3v) is 5.14. The van der Waals surface area contributed by atoms with Crippen molar-refractivity contribution in [2.24, 2.45) is 5.92 Å². The second-order valence-electron chi connectivity index (χ2n) is 7.07. The first-order valence-electron chi connectivity index (χ1n) is 9.13. The third kappa shape index (κ3) is 3.09. The lowest BCUT2D eigenvalue weighted by Crippen LogP contribution is -2.45. The quantitative estimate of drug-likeness (QED) is 0.888. The number of ether oxygens (including phenoxy) is 1. The van der Waals surface area contributed by atoms with Gasteiger partial charge in [0, 0.05) is 13.0 Å².